The topological polar surface area (TPSA) is 46.5 Å². The molecule has 0 aliphatic carbocycles. The molecule has 3 rings (SSSR count). The third-order valence-electron chi connectivity index (χ3n) is 4.98. The largest absolute Gasteiger partial charge is 0.383 e. The molecule has 1 N–H and O–H groups in total. The number of carbonyl (C=O) groups excluding carboxylic acids is 1. The lowest BCUT2D eigenvalue weighted by Gasteiger charge is -2.22. The highest BCUT2D eigenvalue weighted by Gasteiger charge is 2.23. The van der Waals surface area contributed by atoms with Crippen LogP contribution in [-0.2, 0) is 11.3 Å². The Labute approximate surface area is 143 Å². The summed E-state index contributed by atoms with van der Waals surface area (Å²) < 4.78 is 7.28. The molecule has 2 aromatic rings. The zero-order valence-corrected chi connectivity index (χ0v) is 14.6. The highest BCUT2D eigenvalue weighted by atomic mass is 16.5. The number of fused-ring (bicyclic) bond motifs is 1. The summed E-state index contributed by atoms with van der Waals surface area (Å²) in [5.41, 5.74) is 1.80. The van der Waals surface area contributed by atoms with Gasteiger partial charge in [-0.05, 0) is 49.5 Å². The third kappa shape index (κ3) is 3.62. The van der Waals surface area contributed by atoms with Gasteiger partial charge in [-0.3, -0.25) is 9.69 Å². The van der Waals surface area contributed by atoms with E-state index in [4.69, 9.17) is 4.74 Å². The van der Waals surface area contributed by atoms with Gasteiger partial charge in [0.05, 0.1) is 6.61 Å². The van der Waals surface area contributed by atoms with Gasteiger partial charge in [0.15, 0.2) is 0 Å². The molecular weight excluding hydrogens is 302 g/mol. The van der Waals surface area contributed by atoms with E-state index in [1.165, 1.54) is 12.8 Å². The molecule has 1 saturated heterocycles. The molecule has 1 fully saturated rings. The van der Waals surface area contributed by atoms with Crippen LogP contribution in [0, 0.1) is 0 Å². The molecule has 24 heavy (non-hydrogen) atoms. The molecule has 5 heteroatoms. The molecule has 0 bridgehead atoms. The van der Waals surface area contributed by atoms with Crippen LogP contribution in [0.2, 0.25) is 0 Å². The van der Waals surface area contributed by atoms with Crippen LogP contribution in [0.15, 0.2) is 30.5 Å². The molecule has 1 amide bonds. The smallest absolute Gasteiger partial charge is 0.251 e. The molecule has 1 aliphatic rings. The molecule has 130 valence electrons. The number of rotatable bonds is 7. The van der Waals surface area contributed by atoms with Crippen molar-refractivity contribution in [3.05, 3.63) is 36.0 Å². The van der Waals surface area contributed by atoms with Gasteiger partial charge in [0, 0.05) is 43.5 Å². The summed E-state index contributed by atoms with van der Waals surface area (Å²) in [6.07, 6.45) is 4.45. The number of hydrogen-bond acceptors (Lipinski definition) is 3. The molecular formula is C19H27N3O2. The van der Waals surface area contributed by atoms with Crippen LogP contribution in [-0.4, -0.2) is 54.8 Å². The maximum absolute atomic E-state index is 12.5. The number of aromatic nitrogens is 1. The van der Waals surface area contributed by atoms with Crippen molar-refractivity contribution < 1.29 is 9.53 Å². The molecule has 1 aromatic carbocycles. The number of amides is 1. The maximum atomic E-state index is 12.5. The number of methoxy groups -OCH3 is 1. The highest BCUT2D eigenvalue weighted by Crippen LogP contribution is 2.19. The molecule has 0 unspecified atom stereocenters. The van der Waals surface area contributed by atoms with Crippen molar-refractivity contribution in [1.29, 1.82) is 0 Å². The summed E-state index contributed by atoms with van der Waals surface area (Å²) in [5, 5.41) is 4.26. The number of hydrogen-bond donors (Lipinski definition) is 1. The molecule has 5 nitrogen and oxygen atoms in total. The van der Waals surface area contributed by atoms with E-state index in [1.54, 1.807) is 7.11 Å². The average Bonchev–Trinajstić information content (AvgIpc) is 3.23. The zero-order chi connectivity index (χ0) is 16.9. The minimum atomic E-state index is 0.0133. The molecule has 1 aliphatic heterocycles. The molecule has 1 atom stereocenters. The van der Waals surface area contributed by atoms with Gasteiger partial charge in [-0.15, -0.1) is 0 Å². The monoisotopic (exact) mass is 329 g/mol. The Kier molecular flexibility index (Phi) is 5.53. The Morgan fingerprint density at radius 3 is 3.04 bits per heavy atom. The Morgan fingerprint density at radius 1 is 1.38 bits per heavy atom. The van der Waals surface area contributed by atoms with Crippen molar-refractivity contribution in [2.24, 2.45) is 0 Å². The van der Waals surface area contributed by atoms with Gasteiger partial charge < -0.3 is 14.6 Å². The molecule has 0 spiro atoms. The molecule has 0 radical (unpaired) electrons. The first-order valence-corrected chi connectivity index (χ1v) is 8.83. The summed E-state index contributed by atoms with van der Waals surface area (Å²) in [7, 11) is 1.70. The highest BCUT2D eigenvalue weighted by molar-refractivity contribution is 5.98. The molecule has 1 aromatic heterocycles. The van der Waals surface area contributed by atoms with Gasteiger partial charge in [0.2, 0.25) is 0 Å². The second-order valence-corrected chi connectivity index (χ2v) is 6.41. The number of carbonyl (C=O) groups is 1. The second-order valence-electron chi connectivity index (χ2n) is 6.41. The first-order valence-electron chi connectivity index (χ1n) is 8.83. The summed E-state index contributed by atoms with van der Waals surface area (Å²) in [6, 6.07) is 8.45. The van der Waals surface area contributed by atoms with Crippen LogP contribution in [0.25, 0.3) is 10.9 Å². The Morgan fingerprint density at radius 2 is 2.25 bits per heavy atom. The van der Waals surface area contributed by atoms with Crippen molar-refractivity contribution in [3.63, 3.8) is 0 Å². The van der Waals surface area contributed by atoms with Crippen molar-refractivity contribution in [2.75, 3.05) is 33.4 Å². The summed E-state index contributed by atoms with van der Waals surface area (Å²) >= 11 is 0. The summed E-state index contributed by atoms with van der Waals surface area (Å²) in [5.74, 6) is 0.0133. The van der Waals surface area contributed by atoms with Gasteiger partial charge >= 0.3 is 0 Å². The van der Waals surface area contributed by atoms with Crippen LogP contribution in [0.4, 0.5) is 0 Å². The Bertz CT molecular complexity index is 695. The van der Waals surface area contributed by atoms with Crippen LogP contribution in [0.5, 0.6) is 0 Å². The number of likely N-dealkylation sites (tertiary alicyclic amines) is 1. The standard InChI is InChI=1S/C19H27N3O2/c1-3-21-9-4-5-17(21)14-20-19(23)16-7-6-15-8-10-22(11-12-24-2)18(15)13-16/h6-8,10,13,17H,3-5,9,11-12,14H2,1-2H3,(H,20,23)/t17-/m1/s1. The predicted molar refractivity (Wildman–Crippen MR) is 96.4 cm³/mol. The average molecular weight is 329 g/mol. The fourth-order valence-corrected chi connectivity index (χ4v) is 3.56. The van der Waals surface area contributed by atoms with Crippen LogP contribution >= 0.6 is 0 Å². The minimum Gasteiger partial charge on any atom is -0.383 e. The van der Waals surface area contributed by atoms with Crippen LogP contribution < -0.4 is 5.32 Å². The van der Waals surface area contributed by atoms with E-state index in [2.05, 4.69) is 27.8 Å². The normalized spacial score (nSPS) is 18.3. The number of ether oxygens (including phenoxy) is 1. The SMILES string of the molecule is CCN1CCC[C@@H]1CNC(=O)c1ccc2ccn(CCOC)c2c1. The fourth-order valence-electron chi connectivity index (χ4n) is 3.56. The number of nitrogens with zero attached hydrogens (tertiary/aromatic N) is 2. The zero-order valence-electron chi connectivity index (χ0n) is 14.6. The van der Waals surface area contributed by atoms with Gasteiger partial charge in [0.1, 0.15) is 0 Å². The quantitative estimate of drug-likeness (QED) is 0.849. The minimum absolute atomic E-state index is 0.0133. The lowest BCUT2D eigenvalue weighted by atomic mass is 10.1. The lowest BCUT2D eigenvalue weighted by Crippen LogP contribution is -2.40. The third-order valence-corrected chi connectivity index (χ3v) is 4.98. The van der Waals surface area contributed by atoms with E-state index < -0.39 is 0 Å². The Hall–Kier alpha value is -1.85. The van der Waals surface area contributed by atoms with E-state index in [0.29, 0.717) is 12.6 Å². The second kappa shape index (κ2) is 7.81. The number of nitrogens with one attached hydrogen (secondary N) is 1. The first-order chi connectivity index (χ1) is 11.7. The van der Waals surface area contributed by atoms with Gasteiger partial charge in [-0.25, -0.2) is 0 Å². The van der Waals surface area contributed by atoms with E-state index in [1.807, 2.05) is 24.4 Å². The van der Waals surface area contributed by atoms with Crippen molar-refractivity contribution in [3.8, 4) is 0 Å². The van der Waals surface area contributed by atoms with E-state index in [9.17, 15) is 4.79 Å². The fraction of sp³-hybridized carbons (Fsp3) is 0.526. The van der Waals surface area contributed by atoms with Gasteiger partial charge in [-0.2, -0.15) is 0 Å². The predicted octanol–water partition coefficient (Wildman–Crippen LogP) is 2.50. The van der Waals surface area contributed by atoms with Crippen molar-refractivity contribution >= 4 is 16.8 Å². The summed E-state index contributed by atoms with van der Waals surface area (Å²) in [4.78, 5) is 15.0. The molecule has 0 saturated carbocycles. The van der Waals surface area contributed by atoms with Gasteiger partial charge in [-0.1, -0.05) is 13.0 Å². The van der Waals surface area contributed by atoms with E-state index in [0.717, 1.165) is 42.6 Å². The number of benzene rings is 1. The van der Waals surface area contributed by atoms with E-state index in [-0.39, 0.29) is 5.91 Å². The lowest BCUT2D eigenvalue weighted by molar-refractivity contribution is 0.0941. The summed E-state index contributed by atoms with van der Waals surface area (Å²) in [6.45, 7) is 6.57. The Balaban J connectivity index is 1.68. The van der Waals surface area contributed by atoms with Crippen LogP contribution in [0.1, 0.15) is 30.1 Å². The van der Waals surface area contributed by atoms with Crippen molar-refractivity contribution in [2.45, 2.75) is 32.4 Å². The molecule has 2 heterocycles. The number of likely N-dealkylation sites (N-methyl/N-ethyl adjacent to an activating group) is 1. The maximum Gasteiger partial charge on any atom is 0.251 e. The first kappa shape index (κ1) is 17.0. The van der Waals surface area contributed by atoms with Crippen LogP contribution in [0.3, 0.4) is 0 Å². The van der Waals surface area contributed by atoms with E-state index >= 15 is 0 Å². The van der Waals surface area contributed by atoms with Gasteiger partial charge in [0.25, 0.3) is 5.91 Å². The van der Waals surface area contributed by atoms with Crippen molar-refractivity contribution in [1.82, 2.24) is 14.8 Å².